The minimum atomic E-state index is -3.76. The fourth-order valence-corrected chi connectivity index (χ4v) is 2.39. The van der Waals surface area contributed by atoms with Crippen molar-refractivity contribution < 1.29 is 17.2 Å². The minimum absolute atomic E-state index is 0.228. The Morgan fingerprint density at radius 1 is 1.35 bits per heavy atom. The van der Waals surface area contributed by atoms with Gasteiger partial charge in [-0.25, -0.2) is 17.2 Å². The van der Waals surface area contributed by atoms with Gasteiger partial charge in [-0.3, -0.25) is 4.72 Å². The largest absolute Gasteiger partial charge is 0.279 e. The van der Waals surface area contributed by atoms with E-state index < -0.39 is 32.9 Å². The Kier molecular flexibility index (Phi) is 4.02. The molecule has 0 bridgehead atoms. The van der Waals surface area contributed by atoms with Crippen LogP contribution in [0.25, 0.3) is 0 Å². The van der Waals surface area contributed by atoms with Crippen LogP contribution in [0.2, 0.25) is 0 Å². The summed E-state index contributed by atoms with van der Waals surface area (Å²) in [6, 6.07) is 2.96. The molecule has 0 amide bonds. The zero-order valence-corrected chi connectivity index (χ0v) is 9.81. The number of nitrogens with zero attached hydrogens (tertiary/aromatic N) is 1. The van der Waals surface area contributed by atoms with Crippen molar-refractivity contribution in [1.29, 1.82) is 5.26 Å². The van der Waals surface area contributed by atoms with E-state index >= 15 is 0 Å². The number of anilines is 1. The van der Waals surface area contributed by atoms with Crippen molar-refractivity contribution in [3.8, 4) is 6.07 Å². The van der Waals surface area contributed by atoms with E-state index in [-0.39, 0.29) is 5.75 Å². The smallest absolute Gasteiger partial charge is 0.232 e. The molecule has 0 heterocycles. The second kappa shape index (κ2) is 5.10. The predicted octanol–water partition coefficient (Wildman–Crippen LogP) is 1.99. The molecule has 17 heavy (non-hydrogen) atoms. The van der Waals surface area contributed by atoms with E-state index in [4.69, 9.17) is 5.26 Å². The van der Waals surface area contributed by atoms with Gasteiger partial charge >= 0.3 is 0 Å². The summed E-state index contributed by atoms with van der Waals surface area (Å²) in [5.74, 6) is -2.18. The molecule has 0 saturated heterocycles. The first-order valence-corrected chi connectivity index (χ1v) is 6.45. The first-order valence-electron chi connectivity index (χ1n) is 4.80. The second-order valence-electron chi connectivity index (χ2n) is 3.31. The molecular formula is C10H10F2N2O2S. The van der Waals surface area contributed by atoms with Crippen LogP contribution in [-0.2, 0) is 10.0 Å². The maximum Gasteiger partial charge on any atom is 0.232 e. The van der Waals surface area contributed by atoms with Crippen LogP contribution in [0.5, 0.6) is 0 Å². The molecule has 1 aromatic carbocycles. The molecule has 1 aromatic rings. The summed E-state index contributed by atoms with van der Waals surface area (Å²) in [7, 11) is -3.76. The lowest BCUT2D eigenvalue weighted by Crippen LogP contribution is -2.18. The highest BCUT2D eigenvalue weighted by atomic mass is 32.2. The van der Waals surface area contributed by atoms with Crippen molar-refractivity contribution in [2.24, 2.45) is 0 Å². The number of sulfonamides is 1. The number of rotatable bonds is 4. The first kappa shape index (κ1) is 13.4. The summed E-state index contributed by atoms with van der Waals surface area (Å²) >= 11 is 0. The molecule has 1 rings (SSSR count). The average Bonchev–Trinajstić information content (AvgIpc) is 2.23. The Hall–Kier alpha value is -1.68. The lowest BCUT2D eigenvalue weighted by molar-refractivity contribution is 0.592. The lowest BCUT2D eigenvalue weighted by Gasteiger charge is -2.09. The van der Waals surface area contributed by atoms with Crippen molar-refractivity contribution in [2.45, 2.75) is 13.3 Å². The molecule has 0 unspecified atom stereocenters. The van der Waals surface area contributed by atoms with E-state index in [0.29, 0.717) is 6.42 Å². The monoisotopic (exact) mass is 260 g/mol. The van der Waals surface area contributed by atoms with Crippen LogP contribution in [0.15, 0.2) is 12.1 Å². The van der Waals surface area contributed by atoms with Gasteiger partial charge in [0.15, 0.2) is 0 Å². The number of hydrogen-bond acceptors (Lipinski definition) is 3. The van der Waals surface area contributed by atoms with E-state index in [9.17, 15) is 17.2 Å². The highest BCUT2D eigenvalue weighted by Gasteiger charge is 2.18. The van der Waals surface area contributed by atoms with Crippen molar-refractivity contribution in [1.82, 2.24) is 0 Å². The van der Waals surface area contributed by atoms with Crippen LogP contribution in [0.3, 0.4) is 0 Å². The SMILES string of the molecule is CCCS(=O)(=O)Nc1c(F)ccc(F)c1C#N. The number of hydrogen-bond donors (Lipinski definition) is 1. The minimum Gasteiger partial charge on any atom is -0.279 e. The van der Waals surface area contributed by atoms with Gasteiger partial charge in [-0.1, -0.05) is 6.92 Å². The second-order valence-corrected chi connectivity index (χ2v) is 5.15. The van der Waals surface area contributed by atoms with Crippen LogP contribution in [0, 0.1) is 23.0 Å². The molecule has 1 N–H and O–H groups in total. The highest BCUT2D eigenvalue weighted by molar-refractivity contribution is 7.92. The molecular weight excluding hydrogens is 250 g/mol. The van der Waals surface area contributed by atoms with E-state index in [1.165, 1.54) is 6.07 Å². The Balaban J connectivity index is 3.24. The fraction of sp³-hybridized carbons (Fsp3) is 0.300. The molecule has 0 fully saturated rings. The predicted molar refractivity (Wildman–Crippen MR) is 58.8 cm³/mol. The van der Waals surface area contributed by atoms with E-state index in [1.54, 1.807) is 6.92 Å². The summed E-state index contributed by atoms with van der Waals surface area (Å²) in [6.45, 7) is 1.63. The first-order chi connectivity index (χ1) is 7.91. The van der Waals surface area contributed by atoms with Crippen molar-refractivity contribution >= 4 is 15.7 Å². The Morgan fingerprint density at radius 3 is 2.47 bits per heavy atom. The number of nitriles is 1. The third-order valence-electron chi connectivity index (χ3n) is 1.95. The van der Waals surface area contributed by atoms with E-state index in [1.807, 2.05) is 4.72 Å². The van der Waals surface area contributed by atoms with Gasteiger partial charge in [0.1, 0.15) is 29.0 Å². The van der Waals surface area contributed by atoms with Crippen molar-refractivity contribution in [3.05, 3.63) is 29.3 Å². The Bertz CT molecular complexity index is 564. The summed E-state index contributed by atoms with van der Waals surface area (Å²) in [6.07, 6.45) is 0.328. The summed E-state index contributed by atoms with van der Waals surface area (Å²) in [5.41, 5.74) is -1.29. The molecule has 0 aliphatic carbocycles. The van der Waals surface area contributed by atoms with Gasteiger partial charge in [0.25, 0.3) is 0 Å². The van der Waals surface area contributed by atoms with Crippen LogP contribution < -0.4 is 4.72 Å². The van der Waals surface area contributed by atoms with Crippen molar-refractivity contribution in [3.63, 3.8) is 0 Å². The third kappa shape index (κ3) is 3.14. The third-order valence-corrected chi connectivity index (χ3v) is 3.41. The Morgan fingerprint density at radius 2 is 1.94 bits per heavy atom. The zero-order valence-electron chi connectivity index (χ0n) is 9.00. The summed E-state index contributed by atoms with van der Waals surface area (Å²) < 4.78 is 51.2. The van der Waals surface area contributed by atoms with Crippen LogP contribution in [0.4, 0.5) is 14.5 Å². The zero-order chi connectivity index (χ0) is 13.1. The molecule has 4 nitrogen and oxygen atoms in total. The summed E-state index contributed by atoms with van der Waals surface area (Å²) in [5, 5.41) is 8.66. The quantitative estimate of drug-likeness (QED) is 0.900. The van der Waals surface area contributed by atoms with Gasteiger partial charge < -0.3 is 0 Å². The lowest BCUT2D eigenvalue weighted by atomic mass is 10.2. The molecule has 0 saturated carbocycles. The van der Waals surface area contributed by atoms with Gasteiger partial charge in [-0.05, 0) is 18.6 Å². The standard InChI is InChI=1S/C10H10F2N2O2S/c1-2-5-17(15,16)14-10-7(6-13)8(11)3-4-9(10)12/h3-4,14H,2,5H2,1H3. The molecule has 0 spiro atoms. The van der Waals surface area contributed by atoms with Gasteiger partial charge in [0, 0.05) is 0 Å². The number of halogens is 2. The van der Waals surface area contributed by atoms with Gasteiger partial charge in [0.05, 0.1) is 5.75 Å². The topological polar surface area (TPSA) is 70.0 Å². The summed E-state index contributed by atoms with van der Waals surface area (Å²) in [4.78, 5) is 0. The number of benzene rings is 1. The van der Waals surface area contributed by atoms with Gasteiger partial charge in [-0.2, -0.15) is 5.26 Å². The highest BCUT2D eigenvalue weighted by Crippen LogP contribution is 2.23. The molecule has 0 radical (unpaired) electrons. The molecule has 0 atom stereocenters. The van der Waals surface area contributed by atoms with E-state index in [0.717, 1.165) is 12.1 Å². The molecule has 92 valence electrons. The van der Waals surface area contributed by atoms with Gasteiger partial charge in [0.2, 0.25) is 10.0 Å². The number of nitrogens with one attached hydrogen (secondary N) is 1. The fourth-order valence-electron chi connectivity index (χ4n) is 1.24. The molecule has 0 aliphatic rings. The maximum atomic E-state index is 13.3. The normalized spacial score (nSPS) is 10.9. The van der Waals surface area contributed by atoms with Crippen LogP contribution in [-0.4, -0.2) is 14.2 Å². The molecule has 7 heteroatoms. The Labute approximate surface area is 97.9 Å². The molecule has 0 aromatic heterocycles. The maximum absolute atomic E-state index is 13.3. The van der Waals surface area contributed by atoms with Crippen LogP contribution in [0.1, 0.15) is 18.9 Å². The van der Waals surface area contributed by atoms with E-state index in [2.05, 4.69) is 0 Å². The van der Waals surface area contributed by atoms with Gasteiger partial charge in [-0.15, -0.1) is 0 Å². The average molecular weight is 260 g/mol. The van der Waals surface area contributed by atoms with Crippen LogP contribution >= 0.6 is 0 Å². The van der Waals surface area contributed by atoms with Crippen molar-refractivity contribution in [2.75, 3.05) is 10.5 Å². The molecule has 0 aliphatic heterocycles.